The van der Waals surface area contributed by atoms with Crippen LogP contribution >= 0.6 is 0 Å². The van der Waals surface area contributed by atoms with E-state index in [-0.39, 0.29) is 5.56 Å². The first-order valence-electron chi connectivity index (χ1n) is 4.91. The molecule has 0 amide bonds. The molecule has 2 heteroatoms. The summed E-state index contributed by atoms with van der Waals surface area (Å²) in [6.45, 7) is 8.88. The van der Waals surface area contributed by atoms with E-state index in [1.807, 2.05) is 33.0 Å². The van der Waals surface area contributed by atoms with E-state index >= 15 is 0 Å². The quantitative estimate of drug-likeness (QED) is 0.687. The Hall–Kier alpha value is -1.05. The smallest absolute Gasteiger partial charge is 0.250 e. The van der Waals surface area contributed by atoms with E-state index in [0.717, 1.165) is 18.5 Å². The fourth-order valence-corrected chi connectivity index (χ4v) is 1.07. The number of pyridine rings is 1. The predicted octanol–water partition coefficient (Wildman–Crippen LogP) is 2.59. The zero-order valence-corrected chi connectivity index (χ0v) is 9.00. The standard InChI is InChI=1S/C9H13NO.C2H6/c1-3-6-10-7-8(2)4-5-9(10)11;1-2/h4-5,7H,3,6H2,1-2H3;1-2H3. The van der Waals surface area contributed by atoms with Gasteiger partial charge in [-0.15, -0.1) is 0 Å². The first-order valence-corrected chi connectivity index (χ1v) is 4.91. The lowest BCUT2D eigenvalue weighted by Crippen LogP contribution is -2.18. The normalized spacial score (nSPS) is 8.92. The summed E-state index contributed by atoms with van der Waals surface area (Å²) in [5.41, 5.74) is 1.23. The van der Waals surface area contributed by atoms with Gasteiger partial charge in [-0.05, 0) is 18.9 Å². The molecule has 0 spiro atoms. The SMILES string of the molecule is CC.CCCn1cc(C)ccc1=O. The molecule has 0 aliphatic heterocycles. The van der Waals surface area contributed by atoms with E-state index in [0.29, 0.717) is 0 Å². The minimum atomic E-state index is 0.0949. The molecule has 1 heterocycles. The molecule has 0 radical (unpaired) electrons. The average molecular weight is 181 g/mol. The van der Waals surface area contributed by atoms with Crippen LogP contribution in [0.1, 0.15) is 32.8 Å². The van der Waals surface area contributed by atoms with Crippen LogP contribution < -0.4 is 5.56 Å². The number of nitrogens with zero attached hydrogens (tertiary/aromatic N) is 1. The molecule has 0 saturated heterocycles. The molecule has 0 N–H and O–H groups in total. The fraction of sp³-hybridized carbons (Fsp3) is 0.545. The van der Waals surface area contributed by atoms with Gasteiger partial charge in [-0.3, -0.25) is 4.79 Å². The Balaban J connectivity index is 0.000000671. The molecule has 0 fully saturated rings. The van der Waals surface area contributed by atoms with E-state index in [1.54, 1.807) is 10.6 Å². The van der Waals surface area contributed by atoms with Gasteiger partial charge in [-0.1, -0.05) is 26.8 Å². The first kappa shape index (κ1) is 11.9. The van der Waals surface area contributed by atoms with Gasteiger partial charge in [0.05, 0.1) is 0 Å². The maximum Gasteiger partial charge on any atom is 0.250 e. The number of aromatic nitrogens is 1. The lowest BCUT2D eigenvalue weighted by Gasteiger charge is -2.02. The average Bonchev–Trinajstić information content (AvgIpc) is 2.15. The first-order chi connectivity index (χ1) is 6.24. The summed E-state index contributed by atoms with van der Waals surface area (Å²) >= 11 is 0. The second-order valence-electron chi connectivity index (χ2n) is 2.74. The van der Waals surface area contributed by atoms with Crippen LogP contribution in [0.4, 0.5) is 0 Å². The van der Waals surface area contributed by atoms with Crippen molar-refractivity contribution in [3.63, 3.8) is 0 Å². The summed E-state index contributed by atoms with van der Waals surface area (Å²) in [6.07, 6.45) is 2.90. The molecular formula is C11H19NO. The highest BCUT2D eigenvalue weighted by Gasteiger charge is 1.92. The largest absolute Gasteiger partial charge is 0.315 e. The van der Waals surface area contributed by atoms with Gasteiger partial charge in [0.1, 0.15) is 0 Å². The molecule has 1 aromatic rings. The molecule has 0 atom stereocenters. The van der Waals surface area contributed by atoms with Crippen molar-refractivity contribution >= 4 is 0 Å². The topological polar surface area (TPSA) is 22.0 Å². The minimum Gasteiger partial charge on any atom is -0.315 e. The van der Waals surface area contributed by atoms with E-state index in [2.05, 4.69) is 6.92 Å². The van der Waals surface area contributed by atoms with E-state index in [9.17, 15) is 4.79 Å². The molecule has 2 nitrogen and oxygen atoms in total. The van der Waals surface area contributed by atoms with Crippen LogP contribution in [0.5, 0.6) is 0 Å². The van der Waals surface area contributed by atoms with Gasteiger partial charge in [0, 0.05) is 18.8 Å². The zero-order chi connectivity index (χ0) is 10.3. The van der Waals surface area contributed by atoms with Gasteiger partial charge in [-0.25, -0.2) is 0 Å². The number of rotatable bonds is 2. The Morgan fingerprint density at radius 1 is 1.31 bits per heavy atom. The maximum absolute atomic E-state index is 11.1. The summed E-state index contributed by atoms with van der Waals surface area (Å²) in [6, 6.07) is 3.46. The Labute approximate surface area is 80.2 Å². The second-order valence-corrected chi connectivity index (χ2v) is 2.74. The Kier molecular flexibility index (Phi) is 5.94. The van der Waals surface area contributed by atoms with E-state index in [1.165, 1.54) is 0 Å². The summed E-state index contributed by atoms with van der Waals surface area (Å²) < 4.78 is 1.75. The molecule has 0 aliphatic carbocycles. The highest BCUT2D eigenvalue weighted by Crippen LogP contribution is 1.92. The highest BCUT2D eigenvalue weighted by molar-refractivity contribution is 5.06. The Morgan fingerprint density at radius 2 is 1.92 bits per heavy atom. The van der Waals surface area contributed by atoms with Crippen molar-refractivity contribution in [2.75, 3.05) is 0 Å². The molecule has 0 bridgehead atoms. The molecule has 0 aromatic carbocycles. The van der Waals surface area contributed by atoms with E-state index < -0.39 is 0 Å². The molecule has 1 aromatic heterocycles. The number of hydrogen-bond donors (Lipinski definition) is 0. The van der Waals surface area contributed by atoms with Gasteiger partial charge in [-0.2, -0.15) is 0 Å². The Morgan fingerprint density at radius 3 is 2.46 bits per heavy atom. The zero-order valence-electron chi connectivity index (χ0n) is 9.00. The molecule has 0 unspecified atom stereocenters. The summed E-state index contributed by atoms with van der Waals surface area (Å²) in [4.78, 5) is 11.1. The fourth-order valence-electron chi connectivity index (χ4n) is 1.07. The molecule has 74 valence electrons. The molecule has 1 rings (SSSR count). The van der Waals surface area contributed by atoms with Crippen LogP contribution in [0, 0.1) is 6.92 Å². The highest BCUT2D eigenvalue weighted by atomic mass is 16.1. The molecule has 0 saturated carbocycles. The van der Waals surface area contributed by atoms with Crippen molar-refractivity contribution in [1.29, 1.82) is 0 Å². The second kappa shape index (κ2) is 6.46. The van der Waals surface area contributed by atoms with Gasteiger partial charge in [0.25, 0.3) is 5.56 Å². The lowest BCUT2D eigenvalue weighted by atomic mass is 10.3. The van der Waals surface area contributed by atoms with Crippen LogP contribution in [0.15, 0.2) is 23.1 Å². The van der Waals surface area contributed by atoms with Gasteiger partial charge in [0.15, 0.2) is 0 Å². The van der Waals surface area contributed by atoms with Crippen molar-refractivity contribution in [3.05, 3.63) is 34.2 Å². The third-order valence-corrected chi connectivity index (χ3v) is 1.60. The van der Waals surface area contributed by atoms with Crippen molar-refractivity contribution in [2.45, 2.75) is 40.7 Å². The van der Waals surface area contributed by atoms with Crippen LogP contribution in [-0.2, 0) is 6.54 Å². The van der Waals surface area contributed by atoms with Gasteiger partial charge in [0.2, 0.25) is 0 Å². The van der Waals surface area contributed by atoms with Crippen LogP contribution in [-0.4, -0.2) is 4.57 Å². The van der Waals surface area contributed by atoms with Crippen LogP contribution in [0.25, 0.3) is 0 Å². The third kappa shape index (κ3) is 3.92. The molecule has 13 heavy (non-hydrogen) atoms. The van der Waals surface area contributed by atoms with Crippen LogP contribution in [0.2, 0.25) is 0 Å². The minimum absolute atomic E-state index is 0.0949. The Bertz CT molecular complexity index is 288. The van der Waals surface area contributed by atoms with Crippen molar-refractivity contribution in [1.82, 2.24) is 4.57 Å². The molecule has 0 aliphatic rings. The number of aryl methyl sites for hydroxylation is 2. The van der Waals surface area contributed by atoms with Crippen molar-refractivity contribution in [2.24, 2.45) is 0 Å². The van der Waals surface area contributed by atoms with Crippen molar-refractivity contribution in [3.8, 4) is 0 Å². The number of hydrogen-bond acceptors (Lipinski definition) is 1. The van der Waals surface area contributed by atoms with Crippen LogP contribution in [0.3, 0.4) is 0 Å². The molecular weight excluding hydrogens is 162 g/mol. The predicted molar refractivity (Wildman–Crippen MR) is 57.1 cm³/mol. The van der Waals surface area contributed by atoms with Gasteiger partial charge < -0.3 is 4.57 Å². The maximum atomic E-state index is 11.1. The van der Waals surface area contributed by atoms with E-state index in [4.69, 9.17) is 0 Å². The monoisotopic (exact) mass is 181 g/mol. The van der Waals surface area contributed by atoms with Crippen molar-refractivity contribution < 1.29 is 0 Å². The summed E-state index contributed by atoms with van der Waals surface area (Å²) in [5, 5.41) is 0. The lowest BCUT2D eigenvalue weighted by molar-refractivity contribution is 0.651. The third-order valence-electron chi connectivity index (χ3n) is 1.60. The summed E-state index contributed by atoms with van der Waals surface area (Å²) in [5.74, 6) is 0. The summed E-state index contributed by atoms with van der Waals surface area (Å²) in [7, 11) is 0. The van der Waals surface area contributed by atoms with Gasteiger partial charge >= 0.3 is 0 Å².